The van der Waals surface area contributed by atoms with Crippen LogP contribution in [0.4, 0.5) is 10.5 Å². The number of aryl methyl sites for hydroxylation is 1. The van der Waals surface area contributed by atoms with Gasteiger partial charge in [0.05, 0.1) is 11.4 Å². The Kier molecular flexibility index (Phi) is 4.38. The second kappa shape index (κ2) is 6.79. The van der Waals surface area contributed by atoms with E-state index in [1.807, 2.05) is 78.5 Å². The zero-order chi connectivity index (χ0) is 16.1. The first-order valence-electron chi connectivity index (χ1n) is 7.43. The van der Waals surface area contributed by atoms with Crippen molar-refractivity contribution < 1.29 is 4.79 Å². The van der Waals surface area contributed by atoms with E-state index < -0.39 is 0 Å². The maximum absolute atomic E-state index is 11.9. The molecule has 2 aromatic carbocycles. The van der Waals surface area contributed by atoms with Crippen LogP contribution >= 0.6 is 0 Å². The molecule has 0 saturated heterocycles. The normalized spacial score (nSPS) is 10.3. The molecule has 0 saturated carbocycles. The molecule has 0 aliphatic carbocycles. The Labute approximate surface area is 135 Å². The van der Waals surface area contributed by atoms with Crippen molar-refractivity contribution in [3.05, 3.63) is 78.1 Å². The smallest absolute Gasteiger partial charge is 0.319 e. The average molecular weight is 306 g/mol. The fourth-order valence-electron chi connectivity index (χ4n) is 2.25. The summed E-state index contributed by atoms with van der Waals surface area (Å²) in [6.07, 6.45) is 1.94. The molecule has 5 heteroatoms. The van der Waals surface area contributed by atoms with Gasteiger partial charge in [0.25, 0.3) is 0 Å². The zero-order valence-corrected chi connectivity index (χ0v) is 12.9. The second-order valence-corrected chi connectivity index (χ2v) is 5.19. The van der Waals surface area contributed by atoms with Gasteiger partial charge in [-0.3, -0.25) is 0 Å². The lowest BCUT2D eigenvalue weighted by molar-refractivity contribution is 0.251. The van der Waals surface area contributed by atoms with Gasteiger partial charge in [0, 0.05) is 24.0 Å². The van der Waals surface area contributed by atoms with Crippen LogP contribution < -0.4 is 10.6 Å². The number of hydrogen-bond acceptors (Lipinski definition) is 2. The molecule has 116 valence electrons. The molecule has 0 bridgehead atoms. The summed E-state index contributed by atoms with van der Waals surface area (Å²) in [7, 11) is 0. The van der Waals surface area contributed by atoms with E-state index >= 15 is 0 Å². The van der Waals surface area contributed by atoms with Crippen LogP contribution in [0.5, 0.6) is 0 Å². The molecule has 0 aliphatic heterocycles. The number of carbonyl (C=O) groups is 1. The van der Waals surface area contributed by atoms with Gasteiger partial charge in [-0.15, -0.1) is 0 Å². The third-order valence-corrected chi connectivity index (χ3v) is 3.49. The third-order valence-electron chi connectivity index (χ3n) is 3.49. The highest BCUT2D eigenvalue weighted by Crippen LogP contribution is 2.11. The molecule has 2 amide bonds. The quantitative estimate of drug-likeness (QED) is 0.775. The lowest BCUT2D eigenvalue weighted by Gasteiger charge is -2.06. The topological polar surface area (TPSA) is 59.0 Å². The Morgan fingerprint density at radius 1 is 1.04 bits per heavy atom. The van der Waals surface area contributed by atoms with Gasteiger partial charge < -0.3 is 10.6 Å². The summed E-state index contributed by atoms with van der Waals surface area (Å²) in [6, 6.07) is 19.0. The summed E-state index contributed by atoms with van der Waals surface area (Å²) in [4.78, 5) is 11.9. The van der Waals surface area contributed by atoms with Gasteiger partial charge in [0.2, 0.25) is 0 Å². The van der Waals surface area contributed by atoms with Crippen molar-refractivity contribution in [1.82, 2.24) is 15.1 Å². The number of carbonyl (C=O) groups excluding carboxylic acids is 1. The highest BCUT2D eigenvalue weighted by atomic mass is 16.2. The minimum absolute atomic E-state index is 0.233. The fourth-order valence-corrected chi connectivity index (χ4v) is 2.25. The van der Waals surface area contributed by atoms with Gasteiger partial charge in [-0.25, -0.2) is 9.48 Å². The van der Waals surface area contributed by atoms with Crippen molar-refractivity contribution in [1.29, 1.82) is 0 Å². The van der Waals surface area contributed by atoms with Gasteiger partial charge in [-0.2, -0.15) is 5.10 Å². The number of aromatic nitrogens is 2. The summed E-state index contributed by atoms with van der Waals surface area (Å²) >= 11 is 0. The zero-order valence-electron chi connectivity index (χ0n) is 12.9. The molecule has 0 aliphatic rings. The molecule has 5 nitrogen and oxygen atoms in total. The molecular weight excluding hydrogens is 288 g/mol. The second-order valence-electron chi connectivity index (χ2n) is 5.19. The predicted octanol–water partition coefficient (Wildman–Crippen LogP) is 3.50. The minimum Gasteiger partial charge on any atom is -0.334 e. The van der Waals surface area contributed by atoms with Crippen LogP contribution in [0.1, 0.15) is 11.3 Å². The maximum Gasteiger partial charge on any atom is 0.319 e. The number of benzene rings is 2. The SMILES string of the molecule is Cc1nn(-c2ccccc2)cc1CNC(=O)Nc1ccccc1. The fraction of sp³-hybridized carbons (Fsp3) is 0.111. The summed E-state index contributed by atoms with van der Waals surface area (Å²) in [5.41, 5.74) is 3.64. The van der Waals surface area contributed by atoms with Crippen LogP contribution in [0.3, 0.4) is 0 Å². The molecule has 0 spiro atoms. The lowest BCUT2D eigenvalue weighted by atomic mass is 10.2. The number of nitrogens with one attached hydrogen (secondary N) is 2. The van der Waals surface area contributed by atoms with Crippen molar-refractivity contribution >= 4 is 11.7 Å². The van der Waals surface area contributed by atoms with Crippen molar-refractivity contribution in [2.24, 2.45) is 0 Å². The van der Waals surface area contributed by atoms with Gasteiger partial charge in [-0.05, 0) is 31.2 Å². The summed E-state index contributed by atoms with van der Waals surface area (Å²) in [5, 5.41) is 10.1. The Morgan fingerprint density at radius 3 is 2.39 bits per heavy atom. The van der Waals surface area contributed by atoms with Gasteiger partial charge >= 0.3 is 6.03 Å². The van der Waals surface area contributed by atoms with Gasteiger partial charge in [0.1, 0.15) is 0 Å². The number of hydrogen-bond donors (Lipinski definition) is 2. The Bertz CT molecular complexity index is 781. The average Bonchev–Trinajstić information content (AvgIpc) is 2.96. The molecule has 0 radical (unpaired) electrons. The minimum atomic E-state index is -0.233. The Hall–Kier alpha value is -3.08. The van der Waals surface area contributed by atoms with E-state index in [-0.39, 0.29) is 6.03 Å². The van der Waals surface area contributed by atoms with E-state index in [0.717, 1.165) is 22.6 Å². The summed E-state index contributed by atoms with van der Waals surface area (Å²) in [6.45, 7) is 2.36. The Morgan fingerprint density at radius 2 is 1.70 bits per heavy atom. The van der Waals surface area contributed by atoms with E-state index in [4.69, 9.17) is 0 Å². The van der Waals surface area contributed by atoms with Crippen molar-refractivity contribution in [2.75, 3.05) is 5.32 Å². The molecule has 0 atom stereocenters. The molecular formula is C18H18N4O. The van der Waals surface area contributed by atoms with Crippen LogP contribution in [0, 0.1) is 6.92 Å². The van der Waals surface area contributed by atoms with Crippen molar-refractivity contribution in [2.45, 2.75) is 13.5 Å². The predicted molar refractivity (Wildman–Crippen MR) is 90.6 cm³/mol. The number of anilines is 1. The molecule has 23 heavy (non-hydrogen) atoms. The Balaban J connectivity index is 1.62. The first kappa shape index (κ1) is 14.8. The highest BCUT2D eigenvalue weighted by molar-refractivity contribution is 5.89. The van der Waals surface area contributed by atoms with Crippen LogP contribution in [0.2, 0.25) is 0 Å². The number of nitrogens with zero attached hydrogens (tertiary/aromatic N) is 2. The molecule has 0 unspecified atom stereocenters. The first-order chi connectivity index (χ1) is 11.2. The van der Waals surface area contributed by atoms with Crippen LogP contribution in [0.25, 0.3) is 5.69 Å². The third kappa shape index (κ3) is 3.77. The maximum atomic E-state index is 11.9. The molecule has 2 N–H and O–H groups in total. The first-order valence-corrected chi connectivity index (χ1v) is 7.43. The lowest BCUT2D eigenvalue weighted by Crippen LogP contribution is -2.28. The summed E-state index contributed by atoms with van der Waals surface area (Å²) < 4.78 is 1.82. The van der Waals surface area contributed by atoms with Gasteiger partial charge in [-0.1, -0.05) is 36.4 Å². The van der Waals surface area contributed by atoms with E-state index in [9.17, 15) is 4.79 Å². The number of urea groups is 1. The summed E-state index contributed by atoms with van der Waals surface area (Å²) in [5.74, 6) is 0. The highest BCUT2D eigenvalue weighted by Gasteiger charge is 2.08. The van der Waals surface area contributed by atoms with E-state index in [0.29, 0.717) is 6.54 Å². The molecule has 0 fully saturated rings. The van der Waals surface area contributed by atoms with E-state index in [2.05, 4.69) is 15.7 Å². The van der Waals surface area contributed by atoms with Gasteiger partial charge in [0.15, 0.2) is 0 Å². The monoisotopic (exact) mass is 306 g/mol. The number of amides is 2. The number of rotatable bonds is 4. The van der Waals surface area contributed by atoms with E-state index in [1.54, 1.807) is 0 Å². The molecule has 1 heterocycles. The van der Waals surface area contributed by atoms with Crippen molar-refractivity contribution in [3.63, 3.8) is 0 Å². The number of para-hydroxylation sites is 2. The molecule has 1 aromatic heterocycles. The van der Waals surface area contributed by atoms with E-state index in [1.165, 1.54) is 0 Å². The standard InChI is InChI=1S/C18H18N4O/c1-14-15(13-22(21-14)17-10-6-3-7-11-17)12-19-18(23)20-16-8-4-2-5-9-16/h2-11,13H,12H2,1H3,(H2,19,20,23). The van der Waals surface area contributed by atoms with Crippen molar-refractivity contribution in [3.8, 4) is 5.69 Å². The molecule has 3 rings (SSSR count). The van der Waals surface area contributed by atoms with Crippen LogP contribution in [-0.2, 0) is 6.54 Å². The van der Waals surface area contributed by atoms with Crippen LogP contribution in [-0.4, -0.2) is 15.8 Å². The van der Waals surface area contributed by atoms with Crippen LogP contribution in [0.15, 0.2) is 66.9 Å². The largest absolute Gasteiger partial charge is 0.334 e. The molecule has 3 aromatic rings.